The van der Waals surface area contributed by atoms with Crippen LogP contribution < -0.4 is 20.9 Å². The number of halogens is 3. The number of rotatable bonds is 8. The second-order valence-electron chi connectivity index (χ2n) is 7.97. The molecule has 1 fully saturated rings. The molecule has 1 aliphatic heterocycles. The van der Waals surface area contributed by atoms with E-state index in [4.69, 9.17) is 4.74 Å². The van der Waals surface area contributed by atoms with Crippen LogP contribution in [0.15, 0.2) is 61.3 Å². The number of aldehydes is 1. The number of aromatic nitrogens is 2. The topological polar surface area (TPSA) is 108 Å². The van der Waals surface area contributed by atoms with Gasteiger partial charge in [0.1, 0.15) is 11.4 Å². The Labute approximate surface area is 210 Å². The summed E-state index contributed by atoms with van der Waals surface area (Å²) in [7, 11) is 0. The number of carbonyl (C=O) groups is 2. The van der Waals surface area contributed by atoms with Gasteiger partial charge in [0.15, 0.2) is 6.29 Å². The zero-order valence-electron chi connectivity index (χ0n) is 19.5. The molecule has 9 nitrogen and oxygen atoms in total. The van der Waals surface area contributed by atoms with Gasteiger partial charge in [0, 0.05) is 41.9 Å². The number of alkyl halides is 3. The zero-order valence-corrected chi connectivity index (χ0v) is 19.5. The minimum absolute atomic E-state index is 0.145. The average molecular weight is 512 g/mol. The Bertz CT molecular complexity index is 1310. The minimum Gasteiger partial charge on any atom is -0.378 e. The van der Waals surface area contributed by atoms with Crippen molar-refractivity contribution in [2.75, 3.05) is 47.2 Å². The van der Waals surface area contributed by atoms with Crippen LogP contribution >= 0.6 is 0 Å². The number of hydrogen-bond acceptors (Lipinski definition) is 8. The molecule has 0 unspecified atom stereocenters. The van der Waals surface area contributed by atoms with E-state index in [1.165, 1.54) is 12.1 Å². The summed E-state index contributed by atoms with van der Waals surface area (Å²) in [5.74, 6) is -1.11. The van der Waals surface area contributed by atoms with Gasteiger partial charge in [-0.05, 0) is 42.5 Å². The van der Waals surface area contributed by atoms with Gasteiger partial charge in [0.05, 0.1) is 18.9 Å². The molecular weight excluding hydrogens is 489 g/mol. The highest BCUT2D eigenvalue weighted by molar-refractivity contribution is 5.99. The van der Waals surface area contributed by atoms with Crippen molar-refractivity contribution < 1.29 is 27.5 Å². The van der Waals surface area contributed by atoms with Gasteiger partial charge < -0.3 is 25.6 Å². The summed E-state index contributed by atoms with van der Waals surface area (Å²) in [4.78, 5) is 33.2. The lowest BCUT2D eigenvalue weighted by Gasteiger charge is -2.29. The molecule has 1 amide bonds. The van der Waals surface area contributed by atoms with E-state index in [0.717, 1.165) is 11.8 Å². The molecular formula is C25H23F3N6O3. The second kappa shape index (κ2) is 11.1. The van der Waals surface area contributed by atoms with Crippen LogP contribution in [-0.4, -0.2) is 48.5 Å². The quantitative estimate of drug-likeness (QED) is 0.293. The molecule has 37 heavy (non-hydrogen) atoms. The molecule has 12 heteroatoms. The first-order chi connectivity index (χ1) is 17.8. The minimum atomic E-state index is -4.73. The molecule has 3 aromatic rings. The molecule has 2 aromatic carbocycles. The van der Waals surface area contributed by atoms with Crippen molar-refractivity contribution in [2.24, 2.45) is 0 Å². The number of ether oxygens (including phenoxy) is 1. The Balaban J connectivity index is 1.61. The monoisotopic (exact) mass is 512 g/mol. The van der Waals surface area contributed by atoms with E-state index in [0.29, 0.717) is 55.7 Å². The molecule has 0 saturated carbocycles. The smallest absolute Gasteiger partial charge is 0.378 e. The van der Waals surface area contributed by atoms with Crippen LogP contribution in [0.1, 0.15) is 15.9 Å². The summed E-state index contributed by atoms with van der Waals surface area (Å²) in [6.07, 6.45) is -2.35. The highest BCUT2D eigenvalue weighted by atomic mass is 19.4. The lowest BCUT2D eigenvalue weighted by molar-refractivity contribution is -0.137. The Kier molecular flexibility index (Phi) is 7.68. The largest absolute Gasteiger partial charge is 0.421 e. The predicted octanol–water partition coefficient (Wildman–Crippen LogP) is 4.76. The number of carbonyl (C=O) groups excluding carboxylic acids is 2. The standard InChI is InChI=1S/C25H23F3N6O3/c1-2-22(36)30-17-4-3-5-18(13-17)31-23-20(25(26,27)28)14-29-24(33-23)32-21-7-6-19(12-16(21)15-35)34-8-10-37-11-9-34/h2-7,12-15H,1,8-11H2,(H,30,36)(H2,29,31,32,33). The first-order valence-corrected chi connectivity index (χ1v) is 11.2. The third-order valence-corrected chi connectivity index (χ3v) is 5.46. The van der Waals surface area contributed by atoms with Crippen molar-refractivity contribution in [1.29, 1.82) is 0 Å². The molecule has 3 N–H and O–H groups in total. The Morgan fingerprint density at radius 1 is 1.08 bits per heavy atom. The van der Waals surface area contributed by atoms with E-state index >= 15 is 0 Å². The number of anilines is 6. The van der Waals surface area contributed by atoms with Crippen molar-refractivity contribution in [3.8, 4) is 0 Å². The molecule has 0 aliphatic carbocycles. The zero-order chi connectivity index (χ0) is 26.4. The fraction of sp³-hybridized carbons (Fsp3) is 0.200. The predicted molar refractivity (Wildman–Crippen MR) is 134 cm³/mol. The average Bonchev–Trinajstić information content (AvgIpc) is 2.89. The van der Waals surface area contributed by atoms with Gasteiger partial charge in [-0.25, -0.2) is 4.98 Å². The summed E-state index contributed by atoms with van der Waals surface area (Å²) in [5.41, 5.74) is 0.985. The fourth-order valence-corrected chi connectivity index (χ4v) is 3.65. The number of benzene rings is 2. The van der Waals surface area contributed by atoms with Crippen LogP contribution in [0.2, 0.25) is 0 Å². The maximum absolute atomic E-state index is 13.7. The van der Waals surface area contributed by atoms with Crippen molar-refractivity contribution in [2.45, 2.75) is 6.18 Å². The van der Waals surface area contributed by atoms with E-state index in [1.54, 1.807) is 30.3 Å². The highest BCUT2D eigenvalue weighted by Gasteiger charge is 2.35. The van der Waals surface area contributed by atoms with Crippen molar-refractivity contribution in [1.82, 2.24) is 9.97 Å². The SMILES string of the molecule is C=CC(=O)Nc1cccc(Nc2nc(Nc3ccc(N4CCOCC4)cc3C=O)ncc2C(F)(F)F)c1. The number of morpholine rings is 1. The van der Waals surface area contributed by atoms with Gasteiger partial charge in [0.25, 0.3) is 0 Å². The summed E-state index contributed by atoms with van der Waals surface area (Å²) in [6.45, 7) is 5.88. The molecule has 0 radical (unpaired) electrons. The molecule has 4 rings (SSSR count). The first-order valence-electron chi connectivity index (χ1n) is 11.2. The van der Waals surface area contributed by atoms with Gasteiger partial charge in [-0.1, -0.05) is 12.6 Å². The first kappa shape index (κ1) is 25.6. The van der Waals surface area contributed by atoms with Gasteiger partial charge in [0.2, 0.25) is 11.9 Å². The second-order valence-corrected chi connectivity index (χ2v) is 7.97. The molecule has 1 aromatic heterocycles. The van der Waals surface area contributed by atoms with Gasteiger partial charge in [-0.2, -0.15) is 18.2 Å². The number of amides is 1. The lowest BCUT2D eigenvalue weighted by atomic mass is 10.1. The molecule has 192 valence electrons. The van der Waals surface area contributed by atoms with Crippen molar-refractivity contribution >= 4 is 46.7 Å². The number of nitrogens with zero attached hydrogens (tertiary/aromatic N) is 3. The van der Waals surface area contributed by atoms with Crippen LogP contribution in [0.4, 0.5) is 47.7 Å². The normalized spacial score (nSPS) is 13.5. The van der Waals surface area contributed by atoms with Gasteiger partial charge in [-0.15, -0.1) is 0 Å². The van der Waals surface area contributed by atoms with E-state index < -0.39 is 23.5 Å². The van der Waals surface area contributed by atoms with E-state index in [9.17, 15) is 22.8 Å². The number of hydrogen-bond donors (Lipinski definition) is 3. The molecule has 0 atom stereocenters. The van der Waals surface area contributed by atoms with Gasteiger partial charge >= 0.3 is 6.18 Å². The fourth-order valence-electron chi connectivity index (χ4n) is 3.65. The molecule has 2 heterocycles. The molecule has 1 saturated heterocycles. The van der Waals surface area contributed by atoms with Crippen LogP contribution in [0.5, 0.6) is 0 Å². The molecule has 0 spiro atoms. The van der Waals surface area contributed by atoms with Crippen LogP contribution in [0, 0.1) is 0 Å². The Morgan fingerprint density at radius 3 is 2.54 bits per heavy atom. The third kappa shape index (κ3) is 6.41. The summed E-state index contributed by atoms with van der Waals surface area (Å²) >= 11 is 0. The summed E-state index contributed by atoms with van der Waals surface area (Å²) < 4.78 is 46.4. The van der Waals surface area contributed by atoms with Crippen LogP contribution in [0.3, 0.4) is 0 Å². The van der Waals surface area contributed by atoms with Crippen molar-refractivity contribution in [3.05, 3.63) is 72.4 Å². The maximum atomic E-state index is 13.7. The summed E-state index contributed by atoms with van der Waals surface area (Å²) in [6, 6.07) is 11.2. The summed E-state index contributed by atoms with van der Waals surface area (Å²) in [5, 5.41) is 8.01. The molecule has 0 bridgehead atoms. The third-order valence-electron chi connectivity index (χ3n) is 5.46. The van der Waals surface area contributed by atoms with Crippen LogP contribution in [0.25, 0.3) is 0 Å². The van der Waals surface area contributed by atoms with Gasteiger partial charge in [-0.3, -0.25) is 9.59 Å². The number of nitrogens with one attached hydrogen (secondary N) is 3. The Morgan fingerprint density at radius 2 is 1.84 bits per heavy atom. The highest BCUT2D eigenvalue weighted by Crippen LogP contribution is 2.36. The van der Waals surface area contributed by atoms with E-state index in [-0.39, 0.29) is 11.6 Å². The lowest BCUT2D eigenvalue weighted by Crippen LogP contribution is -2.36. The van der Waals surface area contributed by atoms with Crippen LogP contribution in [-0.2, 0) is 15.7 Å². The van der Waals surface area contributed by atoms with E-state index in [1.807, 2.05) is 0 Å². The van der Waals surface area contributed by atoms with E-state index in [2.05, 4.69) is 37.4 Å². The Hall–Kier alpha value is -4.45. The maximum Gasteiger partial charge on any atom is 0.421 e. The molecule has 1 aliphatic rings. The van der Waals surface area contributed by atoms with Crippen molar-refractivity contribution in [3.63, 3.8) is 0 Å².